The number of ether oxygens (including phenoxy) is 1. The van der Waals surface area contributed by atoms with Gasteiger partial charge in [-0.25, -0.2) is 0 Å². The second-order valence-corrected chi connectivity index (χ2v) is 10.5. The third kappa shape index (κ3) is 2.67. The van der Waals surface area contributed by atoms with Crippen LogP contribution in [0.1, 0.15) is 0 Å². The van der Waals surface area contributed by atoms with Gasteiger partial charge in [-0.1, -0.05) is 0 Å². The van der Waals surface area contributed by atoms with Gasteiger partial charge in [0.05, 0.1) is 0 Å². The van der Waals surface area contributed by atoms with E-state index in [1.165, 1.54) is 0 Å². The minimum absolute atomic E-state index is 0.493. The van der Waals surface area contributed by atoms with Crippen molar-refractivity contribution < 1.29 is 9.63 Å². The molecule has 3 aromatic carbocycles. The van der Waals surface area contributed by atoms with Gasteiger partial charge in [0.15, 0.2) is 0 Å². The summed E-state index contributed by atoms with van der Waals surface area (Å²) in [6.45, 7) is -3.08. The second kappa shape index (κ2) is 6.86. The fourth-order valence-corrected chi connectivity index (χ4v) is 8.00. The van der Waals surface area contributed by atoms with Gasteiger partial charge < -0.3 is 0 Å². The predicted molar refractivity (Wildman–Crippen MR) is 104 cm³/mol. The molecule has 0 fully saturated rings. The topological polar surface area (TPSA) is 29.5 Å². The van der Waals surface area contributed by atoms with E-state index in [0.29, 0.717) is 12.8 Å². The number of methoxy groups -OCH3 is 1. The SMILES string of the molecule is COCCP(O)(c1ccccc1)(c1ccccc1)c1ccccc1. The first-order valence-electron chi connectivity index (χ1n) is 8.12. The van der Waals surface area contributed by atoms with Crippen molar-refractivity contribution in [3.63, 3.8) is 0 Å². The molecule has 124 valence electrons. The summed E-state index contributed by atoms with van der Waals surface area (Å²) in [5.74, 6) is 0. The summed E-state index contributed by atoms with van der Waals surface area (Å²) >= 11 is 0. The molecule has 0 saturated carbocycles. The van der Waals surface area contributed by atoms with E-state index in [4.69, 9.17) is 4.74 Å². The quantitative estimate of drug-likeness (QED) is 0.700. The Balaban J connectivity index is 2.37. The van der Waals surface area contributed by atoms with Gasteiger partial charge >= 0.3 is 143 Å². The molecule has 0 heterocycles. The molecule has 24 heavy (non-hydrogen) atoms. The van der Waals surface area contributed by atoms with E-state index >= 15 is 0 Å². The zero-order chi connectivity index (χ0) is 16.9. The summed E-state index contributed by atoms with van der Waals surface area (Å²) in [7, 11) is 1.68. The Morgan fingerprint density at radius 1 is 0.667 bits per heavy atom. The third-order valence-corrected chi connectivity index (χ3v) is 9.95. The van der Waals surface area contributed by atoms with E-state index in [9.17, 15) is 4.89 Å². The molecular formula is C21H23O2P. The first kappa shape index (κ1) is 16.9. The molecule has 0 atom stereocenters. The average molecular weight is 338 g/mol. The van der Waals surface area contributed by atoms with Crippen molar-refractivity contribution in [2.75, 3.05) is 19.9 Å². The Labute approximate surface area is 143 Å². The summed E-state index contributed by atoms with van der Waals surface area (Å²) < 4.78 is 5.40. The van der Waals surface area contributed by atoms with Gasteiger partial charge in [-0.05, 0) is 0 Å². The molecule has 0 saturated heterocycles. The van der Waals surface area contributed by atoms with E-state index in [1.807, 2.05) is 91.0 Å². The number of hydrogen-bond acceptors (Lipinski definition) is 2. The van der Waals surface area contributed by atoms with Crippen LogP contribution >= 0.6 is 6.83 Å². The summed E-state index contributed by atoms with van der Waals surface area (Å²) in [5, 5.41) is 2.91. The van der Waals surface area contributed by atoms with Crippen LogP contribution in [-0.2, 0) is 4.74 Å². The maximum absolute atomic E-state index is 12.6. The Bertz CT molecular complexity index is 673. The van der Waals surface area contributed by atoms with Gasteiger partial charge in [0.1, 0.15) is 0 Å². The van der Waals surface area contributed by atoms with Crippen molar-refractivity contribution in [2.45, 2.75) is 0 Å². The Hall–Kier alpha value is -1.99. The molecule has 0 aliphatic heterocycles. The molecular weight excluding hydrogens is 315 g/mol. The first-order valence-corrected chi connectivity index (χ1v) is 10.5. The van der Waals surface area contributed by atoms with Gasteiger partial charge in [0, 0.05) is 0 Å². The van der Waals surface area contributed by atoms with Crippen LogP contribution in [0.15, 0.2) is 91.0 Å². The van der Waals surface area contributed by atoms with Gasteiger partial charge in [-0.2, -0.15) is 0 Å². The molecule has 1 N–H and O–H groups in total. The van der Waals surface area contributed by atoms with Crippen LogP contribution in [0.25, 0.3) is 0 Å². The van der Waals surface area contributed by atoms with Crippen LogP contribution in [0.5, 0.6) is 0 Å². The van der Waals surface area contributed by atoms with Crippen molar-refractivity contribution in [3.8, 4) is 0 Å². The third-order valence-electron chi connectivity index (χ3n) is 4.67. The van der Waals surface area contributed by atoms with Gasteiger partial charge in [-0.15, -0.1) is 0 Å². The standard InChI is InChI=1S/C21H23O2P/c1-23-17-18-24(22,19-11-5-2-6-12-19,20-13-7-3-8-14-20)21-15-9-4-10-16-21/h2-16,22H,17-18H2,1H3. The van der Waals surface area contributed by atoms with Crippen LogP contribution in [0, 0.1) is 0 Å². The summed E-state index contributed by atoms with van der Waals surface area (Å²) in [5.41, 5.74) is 0. The normalized spacial score (nSPS) is 13.2. The molecule has 3 aromatic rings. The first-order chi connectivity index (χ1) is 11.7. The van der Waals surface area contributed by atoms with Crippen molar-refractivity contribution in [1.29, 1.82) is 0 Å². The number of rotatable bonds is 6. The van der Waals surface area contributed by atoms with Gasteiger partial charge in [-0.3, -0.25) is 0 Å². The summed E-state index contributed by atoms with van der Waals surface area (Å²) in [6, 6.07) is 30.1. The average Bonchev–Trinajstić information content (AvgIpc) is 2.68. The van der Waals surface area contributed by atoms with Crippen LogP contribution in [0.3, 0.4) is 0 Å². The molecule has 3 rings (SSSR count). The van der Waals surface area contributed by atoms with Crippen molar-refractivity contribution in [2.24, 2.45) is 0 Å². The second-order valence-electron chi connectivity index (χ2n) is 5.97. The Morgan fingerprint density at radius 3 is 1.29 bits per heavy atom. The fourth-order valence-electron chi connectivity index (χ4n) is 3.35. The molecule has 0 bridgehead atoms. The van der Waals surface area contributed by atoms with E-state index in [2.05, 4.69) is 0 Å². The predicted octanol–water partition coefficient (Wildman–Crippen LogP) is 3.07. The van der Waals surface area contributed by atoms with Gasteiger partial charge in [0.2, 0.25) is 0 Å². The summed E-state index contributed by atoms with van der Waals surface area (Å²) in [6.07, 6.45) is 0.556. The number of benzene rings is 3. The molecule has 0 aliphatic rings. The molecule has 0 amide bonds. The zero-order valence-corrected chi connectivity index (χ0v) is 14.8. The molecule has 0 aliphatic carbocycles. The fraction of sp³-hybridized carbons (Fsp3) is 0.143. The van der Waals surface area contributed by atoms with Crippen LogP contribution in [0.4, 0.5) is 0 Å². The monoisotopic (exact) mass is 338 g/mol. The van der Waals surface area contributed by atoms with E-state index in [1.54, 1.807) is 7.11 Å². The van der Waals surface area contributed by atoms with Gasteiger partial charge in [0.25, 0.3) is 0 Å². The molecule has 3 heteroatoms. The van der Waals surface area contributed by atoms with Crippen molar-refractivity contribution in [3.05, 3.63) is 91.0 Å². The van der Waals surface area contributed by atoms with Crippen LogP contribution < -0.4 is 15.9 Å². The van der Waals surface area contributed by atoms with Crippen molar-refractivity contribution in [1.82, 2.24) is 0 Å². The van der Waals surface area contributed by atoms with Crippen LogP contribution in [-0.4, -0.2) is 24.8 Å². The number of hydrogen-bond donors (Lipinski definition) is 1. The molecule has 0 spiro atoms. The summed E-state index contributed by atoms with van der Waals surface area (Å²) in [4.78, 5) is 12.6. The van der Waals surface area contributed by atoms with E-state index in [-0.39, 0.29) is 0 Å². The minimum atomic E-state index is -3.58. The van der Waals surface area contributed by atoms with E-state index in [0.717, 1.165) is 15.9 Å². The van der Waals surface area contributed by atoms with Crippen LogP contribution in [0.2, 0.25) is 0 Å². The molecule has 0 radical (unpaired) electrons. The maximum atomic E-state index is 12.6. The van der Waals surface area contributed by atoms with Crippen molar-refractivity contribution >= 4 is 22.7 Å². The zero-order valence-electron chi connectivity index (χ0n) is 13.9. The Morgan fingerprint density at radius 2 is 1.00 bits per heavy atom. The van der Waals surface area contributed by atoms with E-state index < -0.39 is 6.83 Å². The Kier molecular flexibility index (Phi) is 4.82. The molecule has 0 unspecified atom stereocenters. The molecule has 2 nitrogen and oxygen atoms in total. The molecule has 0 aromatic heterocycles.